The molecule has 3 N–H and O–H groups in total. The Labute approximate surface area is 137 Å². The highest BCUT2D eigenvalue weighted by atomic mass is 35.5. The standard InChI is InChI=1S/C16H22N2O3.ClH/c1-16(2,17)9-18-15(19)12-8-11(12)10-3-4-13-14(7-10)21-6-5-20-13;/h3-4,7,11-12H,5-6,8-9,17H2,1-2H3,(H,18,19);1H. The van der Waals surface area contributed by atoms with Crippen LogP contribution < -0.4 is 20.5 Å². The molecule has 3 rings (SSSR count). The number of halogens is 1. The number of nitrogens with two attached hydrogens (primary N) is 1. The quantitative estimate of drug-likeness (QED) is 0.885. The molecular weight excluding hydrogens is 304 g/mol. The molecule has 1 aromatic carbocycles. The van der Waals surface area contributed by atoms with Crippen LogP contribution in [0.4, 0.5) is 0 Å². The second-order valence-corrected chi connectivity index (χ2v) is 6.56. The second-order valence-electron chi connectivity index (χ2n) is 6.56. The monoisotopic (exact) mass is 326 g/mol. The topological polar surface area (TPSA) is 73.6 Å². The van der Waals surface area contributed by atoms with Gasteiger partial charge in [0, 0.05) is 18.0 Å². The van der Waals surface area contributed by atoms with Gasteiger partial charge in [-0.2, -0.15) is 0 Å². The molecule has 1 aliphatic carbocycles. The van der Waals surface area contributed by atoms with Gasteiger partial charge >= 0.3 is 0 Å². The summed E-state index contributed by atoms with van der Waals surface area (Å²) < 4.78 is 11.1. The van der Waals surface area contributed by atoms with Crippen molar-refractivity contribution in [3.8, 4) is 11.5 Å². The van der Waals surface area contributed by atoms with Gasteiger partial charge < -0.3 is 20.5 Å². The highest BCUT2D eigenvalue weighted by Crippen LogP contribution is 2.49. The molecule has 1 heterocycles. The molecule has 22 heavy (non-hydrogen) atoms. The van der Waals surface area contributed by atoms with Crippen LogP contribution in [0.1, 0.15) is 31.7 Å². The molecule has 2 aliphatic rings. The fourth-order valence-electron chi connectivity index (χ4n) is 2.59. The first kappa shape index (κ1) is 16.9. The maximum absolute atomic E-state index is 12.1. The van der Waals surface area contributed by atoms with Gasteiger partial charge in [0.15, 0.2) is 11.5 Å². The summed E-state index contributed by atoms with van der Waals surface area (Å²) in [6, 6.07) is 5.96. The van der Waals surface area contributed by atoms with Gasteiger partial charge in [-0.15, -0.1) is 12.4 Å². The average molecular weight is 327 g/mol. The van der Waals surface area contributed by atoms with Gasteiger partial charge in [0.25, 0.3) is 0 Å². The first-order chi connectivity index (χ1) is 9.94. The van der Waals surface area contributed by atoms with Crippen molar-refractivity contribution in [2.24, 2.45) is 11.7 Å². The summed E-state index contributed by atoms with van der Waals surface area (Å²) in [5, 5.41) is 2.93. The van der Waals surface area contributed by atoms with Gasteiger partial charge in [0.1, 0.15) is 13.2 Å². The highest BCUT2D eigenvalue weighted by Gasteiger charge is 2.44. The maximum atomic E-state index is 12.1. The van der Waals surface area contributed by atoms with Crippen molar-refractivity contribution in [2.75, 3.05) is 19.8 Å². The van der Waals surface area contributed by atoms with Gasteiger partial charge in [-0.3, -0.25) is 4.79 Å². The number of amides is 1. The minimum Gasteiger partial charge on any atom is -0.486 e. The van der Waals surface area contributed by atoms with E-state index in [9.17, 15) is 4.79 Å². The Balaban J connectivity index is 0.00000176. The van der Waals surface area contributed by atoms with Crippen LogP contribution in [0.25, 0.3) is 0 Å². The molecule has 1 aliphatic heterocycles. The van der Waals surface area contributed by atoms with E-state index in [1.54, 1.807) is 0 Å². The highest BCUT2D eigenvalue weighted by molar-refractivity contribution is 5.85. The van der Waals surface area contributed by atoms with E-state index in [2.05, 4.69) is 5.32 Å². The van der Waals surface area contributed by atoms with E-state index in [-0.39, 0.29) is 35.7 Å². The first-order valence-corrected chi connectivity index (χ1v) is 7.40. The van der Waals surface area contributed by atoms with Crippen molar-refractivity contribution in [3.63, 3.8) is 0 Å². The Hall–Kier alpha value is -1.46. The SMILES string of the molecule is CC(C)(N)CNC(=O)C1CC1c1ccc2c(c1)OCCO2.Cl. The molecule has 0 spiro atoms. The average Bonchev–Trinajstić information content (AvgIpc) is 3.24. The zero-order valence-corrected chi connectivity index (χ0v) is 13.7. The molecular formula is C16H23ClN2O3. The van der Waals surface area contributed by atoms with Crippen molar-refractivity contribution in [1.82, 2.24) is 5.32 Å². The Morgan fingerprint density at radius 3 is 2.68 bits per heavy atom. The molecule has 1 aromatic rings. The number of hydrogen-bond acceptors (Lipinski definition) is 4. The Bertz CT molecular complexity index is 557. The summed E-state index contributed by atoms with van der Waals surface area (Å²) in [5.41, 5.74) is 6.65. The van der Waals surface area contributed by atoms with Crippen molar-refractivity contribution in [2.45, 2.75) is 31.7 Å². The minimum atomic E-state index is -0.378. The fraction of sp³-hybridized carbons (Fsp3) is 0.562. The molecule has 0 aromatic heterocycles. The lowest BCUT2D eigenvalue weighted by Gasteiger charge is -2.19. The Kier molecular flexibility index (Phi) is 4.87. The Morgan fingerprint density at radius 1 is 1.32 bits per heavy atom. The molecule has 0 bridgehead atoms. The Morgan fingerprint density at radius 2 is 2.00 bits per heavy atom. The third-order valence-corrected chi connectivity index (χ3v) is 3.84. The van der Waals surface area contributed by atoms with E-state index in [1.165, 1.54) is 0 Å². The number of benzene rings is 1. The van der Waals surface area contributed by atoms with Crippen LogP contribution in [0, 0.1) is 5.92 Å². The molecule has 1 fully saturated rings. The van der Waals surface area contributed by atoms with Crippen LogP contribution in [0.2, 0.25) is 0 Å². The summed E-state index contributed by atoms with van der Waals surface area (Å²) in [7, 11) is 0. The number of ether oxygens (including phenoxy) is 2. The smallest absolute Gasteiger partial charge is 0.223 e. The van der Waals surface area contributed by atoms with Gasteiger partial charge in [-0.1, -0.05) is 6.07 Å². The van der Waals surface area contributed by atoms with E-state index in [1.807, 2.05) is 32.0 Å². The normalized spacial score (nSPS) is 22.5. The summed E-state index contributed by atoms with van der Waals surface area (Å²) in [6.45, 7) is 5.47. The third-order valence-electron chi connectivity index (χ3n) is 3.84. The van der Waals surface area contributed by atoms with E-state index in [4.69, 9.17) is 15.2 Å². The second kappa shape index (κ2) is 6.34. The number of carbonyl (C=O) groups excluding carboxylic acids is 1. The lowest BCUT2D eigenvalue weighted by atomic mass is 10.1. The minimum absolute atomic E-state index is 0. The summed E-state index contributed by atoms with van der Waals surface area (Å²) in [6.07, 6.45) is 0.885. The molecule has 2 unspecified atom stereocenters. The summed E-state index contributed by atoms with van der Waals surface area (Å²) in [4.78, 5) is 12.1. The zero-order chi connectivity index (χ0) is 15.0. The van der Waals surface area contributed by atoms with Gasteiger partial charge in [0.05, 0.1) is 0 Å². The lowest BCUT2D eigenvalue weighted by molar-refractivity contribution is -0.122. The van der Waals surface area contributed by atoms with E-state index in [0.717, 1.165) is 23.5 Å². The molecule has 5 nitrogen and oxygen atoms in total. The van der Waals surface area contributed by atoms with Crippen LogP contribution >= 0.6 is 12.4 Å². The predicted octanol–water partition coefficient (Wildman–Crippen LogP) is 1.84. The van der Waals surface area contributed by atoms with Crippen molar-refractivity contribution in [1.29, 1.82) is 0 Å². The van der Waals surface area contributed by atoms with Crippen molar-refractivity contribution in [3.05, 3.63) is 23.8 Å². The first-order valence-electron chi connectivity index (χ1n) is 7.40. The van der Waals surface area contributed by atoms with Gasteiger partial charge in [-0.25, -0.2) is 0 Å². The zero-order valence-electron chi connectivity index (χ0n) is 12.9. The molecule has 1 amide bonds. The lowest BCUT2D eigenvalue weighted by Crippen LogP contribution is -2.45. The van der Waals surface area contributed by atoms with Gasteiger partial charge in [0.2, 0.25) is 5.91 Å². The van der Waals surface area contributed by atoms with Crippen LogP contribution in [-0.4, -0.2) is 31.2 Å². The fourth-order valence-corrected chi connectivity index (χ4v) is 2.59. The van der Waals surface area contributed by atoms with E-state index in [0.29, 0.717) is 19.8 Å². The molecule has 122 valence electrons. The number of fused-ring (bicyclic) bond motifs is 1. The van der Waals surface area contributed by atoms with E-state index >= 15 is 0 Å². The van der Waals surface area contributed by atoms with Crippen molar-refractivity contribution < 1.29 is 14.3 Å². The summed E-state index contributed by atoms with van der Waals surface area (Å²) in [5.74, 6) is 1.99. The number of carbonyl (C=O) groups is 1. The predicted molar refractivity (Wildman–Crippen MR) is 86.8 cm³/mol. The third kappa shape index (κ3) is 3.84. The molecule has 6 heteroatoms. The number of rotatable bonds is 4. The number of hydrogen-bond donors (Lipinski definition) is 2. The van der Waals surface area contributed by atoms with Crippen LogP contribution in [0.3, 0.4) is 0 Å². The molecule has 1 saturated carbocycles. The van der Waals surface area contributed by atoms with E-state index < -0.39 is 0 Å². The molecule has 0 radical (unpaired) electrons. The maximum Gasteiger partial charge on any atom is 0.223 e. The van der Waals surface area contributed by atoms with Crippen LogP contribution in [0.15, 0.2) is 18.2 Å². The van der Waals surface area contributed by atoms with Crippen LogP contribution in [-0.2, 0) is 4.79 Å². The van der Waals surface area contributed by atoms with Crippen LogP contribution in [0.5, 0.6) is 11.5 Å². The summed E-state index contributed by atoms with van der Waals surface area (Å²) >= 11 is 0. The number of nitrogens with one attached hydrogen (secondary N) is 1. The molecule has 0 saturated heterocycles. The largest absolute Gasteiger partial charge is 0.486 e. The molecule has 2 atom stereocenters. The van der Waals surface area contributed by atoms with Gasteiger partial charge in [-0.05, 0) is 43.9 Å². The van der Waals surface area contributed by atoms with Crippen molar-refractivity contribution >= 4 is 18.3 Å².